The first-order chi connectivity index (χ1) is 17.8. The number of aromatic nitrogens is 2. The number of piperidine rings is 1. The molecule has 8 heteroatoms. The molecule has 2 fully saturated rings. The molecule has 0 radical (unpaired) electrons. The van der Waals surface area contributed by atoms with E-state index >= 15 is 0 Å². The number of amides is 3. The average Bonchev–Trinajstić information content (AvgIpc) is 3.57. The van der Waals surface area contributed by atoms with Gasteiger partial charge in [0.05, 0.1) is 13.1 Å². The maximum Gasteiger partial charge on any atom is 0.322 e. The van der Waals surface area contributed by atoms with Crippen molar-refractivity contribution in [1.29, 1.82) is 0 Å². The molecular formula is C29H36N6O2. The highest BCUT2D eigenvalue weighted by atomic mass is 16.2. The molecule has 1 aromatic carbocycles. The third kappa shape index (κ3) is 4.16. The predicted molar refractivity (Wildman–Crippen MR) is 143 cm³/mol. The molecule has 5 heterocycles. The summed E-state index contributed by atoms with van der Waals surface area (Å²) in [7, 11) is 0. The van der Waals surface area contributed by atoms with E-state index in [0.29, 0.717) is 32.0 Å². The maximum atomic E-state index is 13.6. The van der Waals surface area contributed by atoms with Crippen LogP contribution in [0.25, 0.3) is 0 Å². The fraction of sp³-hybridized carbons (Fsp3) is 0.517. The van der Waals surface area contributed by atoms with Gasteiger partial charge in [0.2, 0.25) is 5.91 Å². The topological polar surface area (TPSA) is 82.8 Å². The van der Waals surface area contributed by atoms with E-state index in [9.17, 15) is 9.59 Å². The van der Waals surface area contributed by atoms with E-state index in [-0.39, 0.29) is 23.9 Å². The number of carbonyl (C=O) groups is 2. The molecule has 0 saturated carbocycles. The lowest BCUT2D eigenvalue weighted by Crippen LogP contribution is -2.48. The Kier molecular flexibility index (Phi) is 5.92. The van der Waals surface area contributed by atoms with Gasteiger partial charge in [-0.05, 0) is 54.4 Å². The van der Waals surface area contributed by atoms with Crippen LogP contribution in [-0.4, -0.2) is 63.2 Å². The number of fused-ring (bicyclic) bond motifs is 4. The number of benzene rings is 1. The summed E-state index contributed by atoms with van der Waals surface area (Å²) in [5.41, 5.74) is 8.52. The Morgan fingerprint density at radius 1 is 1.22 bits per heavy atom. The number of aliphatic imine (C=N–C) groups is 1. The van der Waals surface area contributed by atoms with Crippen LogP contribution in [0.2, 0.25) is 0 Å². The van der Waals surface area contributed by atoms with Crippen molar-refractivity contribution < 1.29 is 9.59 Å². The van der Waals surface area contributed by atoms with Gasteiger partial charge in [-0.1, -0.05) is 26.5 Å². The van der Waals surface area contributed by atoms with Crippen molar-refractivity contribution in [3.05, 3.63) is 63.9 Å². The molecule has 1 atom stereocenters. The zero-order valence-electron chi connectivity index (χ0n) is 22.1. The van der Waals surface area contributed by atoms with Crippen LogP contribution in [0.5, 0.6) is 0 Å². The highest BCUT2D eigenvalue weighted by Gasteiger charge is 2.35. The van der Waals surface area contributed by atoms with Gasteiger partial charge in [-0.2, -0.15) is 0 Å². The first-order valence-corrected chi connectivity index (χ1v) is 13.5. The zero-order valence-corrected chi connectivity index (χ0v) is 22.1. The van der Waals surface area contributed by atoms with Gasteiger partial charge in [0, 0.05) is 67.4 Å². The summed E-state index contributed by atoms with van der Waals surface area (Å²) >= 11 is 0. The van der Waals surface area contributed by atoms with Gasteiger partial charge in [0.25, 0.3) is 0 Å². The minimum absolute atomic E-state index is 0.0300. The summed E-state index contributed by atoms with van der Waals surface area (Å²) in [5, 5.41) is 2.80. The Hall–Kier alpha value is -3.42. The monoisotopic (exact) mass is 500 g/mol. The van der Waals surface area contributed by atoms with Gasteiger partial charge < -0.3 is 19.7 Å². The second-order valence-corrected chi connectivity index (χ2v) is 11.4. The number of hydrogen-bond donors (Lipinski definition) is 1. The molecule has 6 rings (SSSR count). The Morgan fingerprint density at radius 3 is 2.70 bits per heavy atom. The first kappa shape index (κ1) is 23.9. The van der Waals surface area contributed by atoms with Crippen LogP contribution in [0, 0.1) is 6.92 Å². The average molecular weight is 501 g/mol. The predicted octanol–water partition coefficient (Wildman–Crippen LogP) is 3.86. The van der Waals surface area contributed by atoms with Crippen LogP contribution in [-0.2, 0) is 24.3 Å². The van der Waals surface area contributed by atoms with E-state index in [0.717, 1.165) is 43.9 Å². The number of carbonyl (C=O) groups excluding carboxylic acids is 2. The van der Waals surface area contributed by atoms with Crippen molar-refractivity contribution in [3.8, 4) is 0 Å². The lowest BCUT2D eigenvalue weighted by Gasteiger charge is -2.36. The van der Waals surface area contributed by atoms with Gasteiger partial charge in [-0.15, -0.1) is 0 Å². The zero-order chi connectivity index (χ0) is 25.8. The molecule has 2 saturated heterocycles. The second-order valence-electron chi connectivity index (χ2n) is 11.4. The number of hydrogen-bond acceptors (Lipinski definition) is 4. The Balaban J connectivity index is 1.24. The number of rotatable bonds is 4. The number of imidazole rings is 1. The number of aryl methyl sites for hydroxylation is 1. The molecule has 4 aliphatic heterocycles. The van der Waals surface area contributed by atoms with Crippen LogP contribution in [0.3, 0.4) is 0 Å². The minimum atomic E-state index is -0.0634. The van der Waals surface area contributed by atoms with Crippen LogP contribution >= 0.6 is 0 Å². The highest BCUT2D eigenvalue weighted by molar-refractivity contribution is 5.88. The normalized spacial score (nSPS) is 21.2. The summed E-state index contributed by atoms with van der Waals surface area (Å²) in [6, 6.07) is 2.42. The standard InChI is InChI=1S/C29H36N6O2/c1-17(2)26-14-31-28-21(10-20-9-18(3)23-12-30-13-24(23)25(20)16-35(26)28)11-27(36)33-7-5-22(6-8-33)34-15-19(4)32-29(34)37/h9,13-14,17,21-22H,4-8,10-12,15-16H2,1-3H3,(H,32,37)/t21-/m0/s1. The van der Waals surface area contributed by atoms with Gasteiger partial charge >= 0.3 is 6.03 Å². The number of likely N-dealkylation sites (tertiary alicyclic amines) is 1. The van der Waals surface area contributed by atoms with E-state index in [2.05, 4.69) is 48.3 Å². The molecule has 8 nitrogen and oxygen atoms in total. The molecule has 4 aliphatic rings. The minimum Gasteiger partial charge on any atom is -0.343 e. The molecule has 2 aromatic rings. The maximum absolute atomic E-state index is 13.6. The van der Waals surface area contributed by atoms with Crippen molar-refractivity contribution in [2.24, 2.45) is 4.99 Å². The summed E-state index contributed by atoms with van der Waals surface area (Å²) in [6.45, 7) is 13.9. The van der Waals surface area contributed by atoms with Crippen molar-refractivity contribution in [3.63, 3.8) is 0 Å². The highest BCUT2D eigenvalue weighted by Crippen LogP contribution is 2.37. The van der Waals surface area contributed by atoms with Gasteiger partial charge in [0.1, 0.15) is 5.82 Å². The largest absolute Gasteiger partial charge is 0.343 e. The van der Waals surface area contributed by atoms with Gasteiger partial charge in [0.15, 0.2) is 0 Å². The van der Waals surface area contributed by atoms with Crippen LogP contribution < -0.4 is 5.32 Å². The molecule has 3 amide bonds. The van der Waals surface area contributed by atoms with E-state index < -0.39 is 0 Å². The smallest absolute Gasteiger partial charge is 0.322 e. The third-order valence-corrected chi connectivity index (χ3v) is 8.62. The number of urea groups is 1. The molecule has 0 aliphatic carbocycles. The Morgan fingerprint density at radius 2 is 2.00 bits per heavy atom. The SMILES string of the molecule is C=C1CN(C2CCN(C(=O)C[C@@H]3Cc4cc(C)c5c(c4Cn4c(C(C)C)cnc43)C=NC5)CC2)C(=O)N1. The molecule has 0 unspecified atom stereocenters. The second kappa shape index (κ2) is 9.15. The summed E-state index contributed by atoms with van der Waals surface area (Å²) < 4.78 is 2.36. The molecular weight excluding hydrogens is 464 g/mol. The molecule has 0 bridgehead atoms. The number of nitrogens with zero attached hydrogens (tertiary/aromatic N) is 5. The fourth-order valence-corrected chi connectivity index (χ4v) is 6.61. The first-order valence-electron chi connectivity index (χ1n) is 13.5. The van der Waals surface area contributed by atoms with Crippen LogP contribution in [0.1, 0.15) is 84.3 Å². The molecule has 37 heavy (non-hydrogen) atoms. The lowest BCUT2D eigenvalue weighted by molar-refractivity contribution is -0.133. The molecule has 0 spiro atoms. The van der Waals surface area contributed by atoms with Crippen LogP contribution in [0.15, 0.2) is 29.5 Å². The summed E-state index contributed by atoms with van der Waals surface area (Å²) in [5.74, 6) is 1.59. The quantitative estimate of drug-likeness (QED) is 0.692. The van der Waals surface area contributed by atoms with E-state index in [4.69, 9.17) is 4.98 Å². The third-order valence-electron chi connectivity index (χ3n) is 8.62. The van der Waals surface area contributed by atoms with Crippen molar-refractivity contribution >= 4 is 18.2 Å². The van der Waals surface area contributed by atoms with Crippen LogP contribution in [0.4, 0.5) is 4.79 Å². The van der Waals surface area contributed by atoms with E-state index in [1.54, 1.807) is 0 Å². The fourth-order valence-electron chi connectivity index (χ4n) is 6.61. The molecule has 1 aromatic heterocycles. The van der Waals surface area contributed by atoms with Gasteiger partial charge in [-0.3, -0.25) is 9.79 Å². The van der Waals surface area contributed by atoms with Crippen molar-refractivity contribution in [1.82, 2.24) is 24.7 Å². The Bertz CT molecular complexity index is 1310. The summed E-state index contributed by atoms with van der Waals surface area (Å²) in [6.07, 6.45) is 6.91. The molecule has 194 valence electrons. The molecule has 1 N–H and O–H groups in total. The van der Waals surface area contributed by atoms with Crippen molar-refractivity contribution in [2.45, 2.75) is 77.4 Å². The number of nitrogens with one attached hydrogen (secondary N) is 1. The van der Waals surface area contributed by atoms with E-state index in [1.165, 1.54) is 33.5 Å². The van der Waals surface area contributed by atoms with Crippen molar-refractivity contribution in [2.75, 3.05) is 19.6 Å². The summed E-state index contributed by atoms with van der Waals surface area (Å²) in [4.78, 5) is 39.1. The Labute approximate surface area is 218 Å². The lowest BCUT2D eigenvalue weighted by atomic mass is 9.88. The van der Waals surface area contributed by atoms with E-state index in [1.807, 2.05) is 22.2 Å². The van der Waals surface area contributed by atoms with Gasteiger partial charge in [-0.25, -0.2) is 9.78 Å².